The van der Waals surface area contributed by atoms with Crippen LogP contribution < -0.4 is 10.1 Å². The second-order valence-electron chi connectivity index (χ2n) is 11.0. The van der Waals surface area contributed by atoms with E-state index in [1.54, 1.807) is 6.07 Å². The maximum absolute atomic E-state index is 13.0. The zero-order valence-electron chi connectivity index (χ0n) is 23.3. The normalized spacial score (nSPS) is 14.6. The van der Waals surface area contributed by atoms with E-state index in [4.69, 9.17) is 14.0 Å². The minimum absolute atomic E-state index is 0.0612. The minimum atomic E-state index is -0.524. The molecule has 0 aliphatic carbocycles. The van der Waals surface area contributed by atoms with Gasteiger partial charge in [0.2, 0.25) is 0 Å². The van der Waals surface area contributed by atoms with Gasteiger partial charge >= 0.3 is 0 Å². The predicted molar refractivity (Wildman–Crippen MR) is 148 cm³/mol. The summed E-state index contributed by atoms with van der Waals surface area (Å²) in [7, 11) is 0. The number of benzene rings is 2. The number of nitrogens with one attached hydrogen (secondary N) is 1. The summed E-state index contributed by atoms with van der Waals surface area (Å²) in [4.78, 5) is 15.4. The topological polar surface area (TPSA) is 97.1 Å². The molecule has 2 heterocycles. The molecule has 0 unspecified atom stereocenters. The first-order chi connectivity index (χ1) is 18.1. The van der Waals surface area contributed by atoms with Gasteiger partial charge in [0, 0.05) is 32.2 Å². The number of carbonyl (C=O) groups excluding carboxylic acids is 1. The highest BCUT2D eigenvalue weighted by Gasteiger charge is 2.29. The van der Waals surface area contributed by atoms with Crippen molar-refractivity contribution in [3.05, 3.63) is 53.2 Å². The Labute approximate surface area is 224 Å². The van der Waals surface area contributed by atoms with Gasteiger partial charge in [-0.2, -0.15) is 0 Å². The SMILES string of the molecule is CCNC(=O)c1noc(-c2cc(C(C)C)c(O)cc2OC(C)(C)C)c1-c1ccc(CN2CCOCC2)cc1. The highest BCUT2D eigenvalue weighted by Crippen LogP contribution is 2.44. The average Bonchev–Trinajstić information content (AvgIpc) is 3.29. The summed E-state index contributed by atoms with van der Waals surface area (Å²) in [5.74, 6) is 0.791. The summed E-state index contributed by atoms with van der Waals surface area (Å²) in [6.45, 7) is 16.3. The van der Waals surface area contributed by atoms with E-state index in [1.807, 2.05) is 59.7 Å². The first-order valence-electron chi connectivity index (χ1n) is 13.3. The van der Waals surface area contributed by atoms with Crippen molar-refractivity contribution in [1.29, 1.82) is 0 Å². The molecular weight excluding hydrogens is 482 g/mol. The van der Waals surface area contributed by atoms with Crippen LogP contribution in [-0.4, -0.2) is 59.5 Å². The Bertz CT molecular complexity index is 1250. The maximum atomic E-state index is 13.0. The van der Waals surface area contributed by atoms with Crippen molar-refractivity contribution in [1.82, 2.24) is 15.4 Å². The number of aromatic nitrogens is 1. The van der Waals surface area contributed by atoms with Gasteiger partial charge in [-0.05, 0) is 56.4 Å². The summed E-state index contributed by atoms with van der Waals surface area (Å²) >= 11 is 0. The summed E-state index contributed by atoms with van der Waals surface area (Å²) in [5.41, 5.74) is 3.66. The van der Waals surface area contributed by atoms with Gasteiger partial charge in [0.1, 0.15) is 17.1 Å². The second kappa shape index (κ2) is 11.6. The molecule has 2 aromatic carbocycles. The highest BCUT2D eigenvalue weighted by atomic mass is 16.5. The van der Waals surface area contributed by atoms with E-state index in [2.05, 4.69) is 27.5 Å². The van der Waals surface area contributed by atoms with Gasteiger partial charge in [-0.1, -0.05) is 43.3 Å². The number of ether oxygens (including phenoxy) is 2. The third kappa shape index (κ3) is 6.37. The number of nitrogens with zero attached hydrogens (tertiary/aromatic N) is 2. The van der Waals surface area contributed by atoms with Crippen LogP contribution in [0, 0.1) is 0 Å². The fraction of sp³-hybridized carbons (Fsp3) is 0.467. The van der Waals surface area contributed by atoms with Crippen LogP contribution in [0.4, 0.5) is 0 Å². The lowest BCUT2D eigenvalue weighted by Crippen LogP contribution is -2.35. The summed E-state index contributed by atoms with van der Waals surface area (Å²) in [5, 5.41) is 17.8. The Morgan fingerprint density at radius 1 is 1.16 bits per heavy atom. The molecule has 4 rings (SSSR count). The quantitative estimate of drug-likeness (QED) is 0.398. The molecule has 1 saturated heterocycles. The molecule has 8 heteroatoms. The smallest absolute Gasteiger partial charge is 0.274 e. The van der Waals surface area contributed by atoms with Crippen LogP contribution in [-0.2, 0) is 11.3 Å². The Morgan fingerprint density at radius 2 is 1.84 bits per heavy atom. The van der Waals surface area contributed by atoms with Crippen LogP contribution in [0.2, 0.25) is 0 Å². The van der Waals surface area contributed by atoms with Crippen LogP contribution >= 0.6 is 0 Å². The third-order valence-corrected chi connectivity index (χ3v) is 6.41. The second-order valence-corrected chi connectivity index (χ2v) is 11.0. The lowest BCUT2D eigenvalue weighted by molar-refractivity contribution is 0.0342. The number of hydrogen-bond acceptors (Lipinski definition) is 7. The average molecular weight is 522 g/mol. The number of carbonyl (C=O) groups is 1. The number of aromatic hydroxyl groups is 1. The van der Waals surface area contributed by atoms with Gasteiger partial charge in [0.25, 0.3) is 5.91 Å². The fourth-order valence-electron chi connectivity index (χ4n) is 4.58. The number of phenols is 1. The van der Waals surface area contributed by atoms with Crippen LogP contribution in [0.5, 0.6) is 11.5 Å². The van der Waals surface area contributed by atoms with E-state index in [0.29, 0.717) is 29.2 Å². The molecule has 1 aliphatic heterocycles. The summed E-state index contributed by atoms with van der Waals surface area (Å²) in [6.07, 6.45) is 0. The number of morpholine rings is 1. The Balaban J connectivity index is 1.83. The Hall–Kier alpha value is -3.36. The van der Waals surface area contributed by atoms with Gasteiger partial charge < -0.3 is 24.4 Å². The molecule has 1 amide bonds. The Kier molecular flexibility index (Phi) is 8.43. The van der Waals surface area contributed by atoms with E-state index >= 15 is 0 Å². The fourth-order valence-corrected chi connectivity index (χ4v) is 4.58. The molecule has 0 spiro atoms. The number of amides is 1. The van der Waals surface area contributed by atoms with E-state index in [-0.39, 0.29) is 23.3 Å². The van der Waals surface area contributed by atoms with Crippen molar-refractivity contribution in [2.24, 2.45) is 0 Å². The van der Waals surface area contributed by atoms with E-state index in [1.165, 1.54) is 5.56 Å². The van der Waals surface area contributed by atoms with Crippen LogP contribution in [0.25, 0.3) is 22.5 Å². The standard InChI is InChI=1S/C30H39N3O5/c1-7-31-29(35)27-26(21-10-8-20(9-11-21)18-33-12-14-36-15-13-33)28(38-32-27)23-16-22(19(2)3)24(34)17-25(23)37-30(4,5)6/h8-11,16-17,19,34H,7,12-15,18H2,1-6H3,(H,31,35). The molecule has 204 valence electrons. The molecular formula is C30H39N3O5. The highest BCUT2D eigenvalue weighted by molar-refractivity contribution is 6.02. The molecule has 0 saturated carbocycles. The summed E-state index contributed by atoms with van der Waals surface area (Å²) in [6, 6.07) is 11.7. The molecule has 0 atom stereocenters. The molecule has 8 nitrogen and oxygen atoms in total. The molecule has 0 bridgehead atoms. The molecule has 3 aromatic rings. The van der Waals surface area contributed by atoms with Gasteiger partial charge in [0.15, 0.2) is 11.5 Å². The number of phenolic OH excluding ortho intramolecular Hbond substituents is 1. The minimum Gasteiger partial charge on any atom is -0.508 e. The Morgan fingerprint density at radius 3 is 2.45 bits per heavy atom. The largest absolute Gasteiger partial charge is 0.508 e. The molecule has 38 heavy (non-hydrogen) atoms. The first-order valence-corrected chi connectivity index (χ1v) is 13.3. The van der Waals surface area contributed by atoms with Crippen LogP contribution in [0.3, 0.4) is 0 Å². The molecule has 0 radical (unpaired) electrons. The lowest BCUT2D eigenvalue weighted by atomic mass is 9.93. The van der Waals surface area contributed by atoms with Gasteiger partial charge in [-0.15, -0.1) is 0 Å². The van der Waals surface area contributed by atoms with E-state index in [0.717, 1.165) is 44.0 Å². The van der Waals surface area contributed by atoms with Crippen molar-refractivity contribution in [2.45, 2.75) is 59.6 Å². The monoisotopic (exact) mass is 521 g/mol. The van der Waals surface area contributed by atoms with Gasteiger partial charge in [-0.25, -0.2) is 0 Å². The lowest BCUT2D eigenvalue weighted by Gasteiger charge is -2.26. The zero-order valence-corrected chi connectivity index (χ0v) is 23.3. The van der Waals surface area contributed by atoms with Gasteiger partial charge in [-0.3, -0.25) is 9.69 Å². The van der Waals surface area contributed by atoms with E-state index in [9.17, 15) is 9.90 Å². The molecule has 1 fully saturated rings. The van der Waals surface area contributed by atoms with Crippen molar-refractivity contribution < 1.29 is 23.9 Å². The summed E-state index contributed by atoms with van der Waals surface area (Å²) < 4.78 is 17.6. The van der Waals surface area contributed by atoms with Crippen molar-refractivity contribution in [2.75, 3.05) is 32.8 Å². The first kappa shape index (κ1) is 27.7. The molecule has 2 N–H and O–H groups in total. The van der Waals surface area contributed by atoms with Gasteiger partial charge in [0.05, 0.1) is 24.3 Å². The van der Waals surface area contributed by atoms with Crippen LogP contribution in [0.15, 0.2) is 40.9 Å². The predicted octanol–water partition coefficient (Wildman–Crippen LogP) is 5.60. The molecule has 1 aliphatic rings. The number of rotatable bonds is 8. The third-order valence-electron chi connectivity index (χ3n) is 6.41. The van der Waals surface area contributed by atoms with Crippen LogP contribution in [0.1, 0.15) is 69.1 Å². The number of hydrogen-bond donors (Lipinski definition) is 2. The zero-order chi connectivity index (χ0) is 27.4. The van der Waals surface area contributed by atoms with Crippen molar-refractivity contribution >= 4 is 5.91 Å². The maximum Gasteiger partial charge on any atom is 0.274 e. The molecule has 1 aromatic heterocycles. The van der Waals surface area contributed by atoms with Crippen molar-refractivity contribution in [3.8, 4) is 33.9 Å². The van der Waals surface area contributed by atoms with E-state index < -0.39 is 5.60 Å². The van der Waals surface area contributed by atoms with Crippen molar-refractivity contribution in [3.63, 3.8) is 0 Å².